The van der Waals surface area contributed by atoms with Crippen LogP contribution in [0.25, 0.3) is 22.3 Å². The van der Waals surface area contributed by atoms with Crippen LogP contribution in [0.1, 0.15) is 17.2 Å². The quantitative estimate of drug-likeness (QED) is 0.473. The third-order valence-electron chi connectivity index (χ3n) is 5.60. The molecule has 30 heavy (non-hydrogen) atoms. The molecule has 0 saturated carbocycles. The third kappa shape index (κ3) is 3.69. The fraction of sp³-hybridized carbons (Fsp3) is 0.208. The molecule has 1 fully saturated rings. The fourth-order valence-corrected chi connectivity index (χ4v) is 4.82. The van der Waals surface area contributed by atoms with Gasteiger partial charge in [-0.25, -0.2) is 4.39 Å². The molecule has 2 aromatic carbocycles. The number of aromatic amines is 1. The zero-order chi connectivity index (χ0) is 20.3. The highest BCUT2D eigenvalue weighted by Crippen LogP contribution is 2.38. The number of nitrogens with zero attached hydrogens (tertiary/aromatic N) is 2. The molecular formula is C24H22FN3OS. The lowest BCUT2D eigenvalue weighted by Gasteiger charge is -2.34. The Morgan fingerprint density at radius 1 is 1.00 bits per heavy atom. The predicted molar refractivity (Wildman–Crippen MR) is 118 cm³/mol. The average Bonchev–Trinajstić information content (AvgIpc) is 3.50. The van der Waals surface area contributed by atoms with E-state index in [1.807, 2.05) is 24.5 Å². The first kappa shape index (κ1) is 19.2. The summed E-state index contributed by atoms with van der Waals surface area (Å²) in [5, 5.41) is 11.3. The highest BCUT2D eigenvalue weighted by Gasteiger charge is 2.26. The van der Waals surface area contributed by atoms with Gasteiger partial charge in [0.2, 0.25) is 0 Å². The minimum atomic E-state index is -0.211. The summed E-state index contributed by atoms with van der Waals surface area (Å²) in [6.07, 6.45) is 3.81. The molecule has 4 aromatic rings. The van der Waals surface area contributed by atoms with Crippen molar-refractivity contribution in [1.29, 1.82) is 0 Å². The molecule has 4 nitrogen and oxygen atoms in total. The summed E-state index contributed by atoms with van der Waals surface area (Å²) in [5.41, 5.74) is 5.89. The van der Waals surface area contributed by atoms with Crippen LogP contribution in [0.15, 0.2) is 71.7 Å². The van der Waals surface area contributed by atoms with Gasteiger partial charge < -0.3 is 4.74 Å². The number of aromatic nitrogens is 2. The predicted octanol–water partition coefficient (Wildman–Crippen LogP) is 5.37. The molecule has 2 aromatic heterocycles. The number of hydrogen-bond acceptors (Lipinski definition) is 4. The first-order valence-corrected chi connectivity index (χ1v) is 11.0. The molecule has 0 bridgehead atoms. The van der Waals surface area contributed by atoms with Crippen LogP contribution in [0.2, 0.25) is 0 Å². The Bertz CT molecular complexity index is 1110. The smallest absolute Gasteiger partial charge is 0.131 e. The Balaban J connectivity index is 1.66. The summed E-state index contributed by atoms with van der Waals surface area (Å²) in [5.74, 6) is -0.211. The standard InChI is InChI=1S/C24H22FN3OS/c25-23-4-2-1-3-21(23)22-13-17(5-6-20(22)18-7-12-30-16-18)24(19-14-26-27-15-19)28-8-10-29-11-9-28/h1-7,12-16,24H,8-11H2,(H,26,27). The third-order valence-corrected chi connectivity index (χ3v) is 6.28. The van der Waals surface area contributed by atoms with Crippen molar-refractivity contribution in [2.75, 3.05) is 26.3 Å². The maximum atomic E-state index is 14.8. The SMILES string of the molecule is Fc1ccccc1-c1cc(C(c2cn[nH]c2)N2CCOCC2)ccc1-c1ccsc1. The highest BCUT2D eigenvalue weighted by atomic mass is 32.1. The molecule has 0 radical (unpaired) electrons. The first-order chi connectivity index (χ1) is 14.8. The minimum absolute atomic E-state index is 0.0368. The van der Waals surface area contributed by atoms with Gasteiger partial charge in [-0.1, -0.05) is 30.3 Å². The molecule has 1 N–H and O–H groups in total. The number of H-pyrrole nitrogens is 1. The number of ether oxygens (including phenoxy) is 1. The van der Waals surface area contributed by atoms with Crippen LogP contribution < -0.4 is 0 Å². The Hall–Kier alpha value is -2.80. The van der Waals surface area contributed by atoms with Crippen molar-refractivity contribution >= 4 is 11.3 Å². The lowest BCUT2D eigenvalue weighted by atomic mass is 9.90. The van der Waals surface area contributed by atoms with Crippen molar-refractivity contribution in [3.05, 3.63) is 88.6 Å². The van der Waals surface area contributed by atoms with Gasteiger partial charge in [0.25, 0.3) is 0 Å². The molecule has 1 saturated heterocycles. The molecule has 5 rings (SSSR count). The Morgan fingerprint density at radius 3 is 2.60 bits per heavy atom. The normalized spacial score (nSPS) is 15.9. The van der Waals surface area contributed by atoms with E-state index in [-0.39, 0.29) is 11.9 Å². The maximum absolute atomic E-state index is 14.8. The van der Waals surface area contributed by atoms with Crippen molar-refractivity contribution in [2.24, 2.45) is 0 Å². The second-order valence-electron chi connectivity index (χ2n) is 7.38. The van der Waals surface area contributed by atoms with E-state index < -0.39 is 0 Å². The van der Waals surface area contributed by atoms with E-state index in [9.17, 15) is 4.39 Å². The van der Waals surface area contributed by atoms with Gasteiger partial charge in [-0.2, -0.15) is 16.4 Å². The number of morpholine rings is 1. The van der Waals surface area contributed by atoms with Crippen LogP contribution in [0.3, 0.4) is 0 Å². The lowest BCUT2D eigenvalue weighted by Crippen LogP contribution is -2.39. The molecule has 1 aliphatic rings. The van der Waals surface area contributed by atoms with Crippen LogP contribution in [0.4, 0.5) is 4.39 Å². The van der Waals surface area contributed by atoms with E-state index in [4.69, 9.17) is 4.74 Å². The van der Waals surface area contributed by atoms with E-state index in [1.165, 1.54) is 6.07 Å². The second-order valence-corrected chi connectivity index (χ2v) is 8.16. The molecule has 0 spiro atoms. The Morgan fingerprint density at radius 2 is 1.87 bits per heavy atom. The molecule has 6 heteroatoms. The van der Waals surface area contributed by atoms with Crippen molar-refractivity contribution in [2.45, 2.75) is 6.04 Å². The van der Waals surface area contributed by atoms with Gasteiger partial charge in [0.1, 0.15) is 5.82 Å². The van der Waals surface area contributed by atoms with E-state index in [2.05, 4.69) is 50.1 Å². The summed E-state index contributed by atoms with van der Waals surface area (Å²) < 4.78 is 20.4. The molecule has 1 aliphatic heterocycles. The van der Waals surface area contributed by atoms with Gasteiger partial charge in [0, 0.05) is 30.4 Å². The summed E-state index contributed by atoms with van der Waals surface area (Å²) in [4.78, 5) is 2.40. The van der Waals surface area contributed by atoms with Gasteiger partial charge in [0.05, 0.1) is 25.5 Å². The number of hydrogen-bond donors (Lipinski definition) is 1. The lowest BCUT2D eigenvalue weighted by molar-refractivity contribution is 0.0240. The zero-order valence-electron chi connectivity index (χ0n) is 16.4. The molecule has 1 atom stereocenters. The molecular weight excluding hydrogens is 397 g/mol. The minimum Gasteiger partial charge on any atom is -0.379 e. The fourth-order valence-electron chi connectivity index (χ4n) is 4.16. The van der Waals surface area contributed by atoms with Gasteiger partial charge in [-0.3, -0.25) is 10.00 Å². The summed E-state index contributed by atoms with van der Waals surface area (Å²) in [6, 6.07) is 15.5. The van der Waals surface area contributed by atoms with E-state index in [1.54, 1.807) is 17.4 Å². The zero-order valence-corrected chi connectivity index (χ0v) is 17.2. The van der Waals surface area contributed by atoms with Crippen LogP contribution in [0, 0.1) is 5.82 Å². The highest BCUT2D eigenvalue weighted by molar-refractivity contribution is 7.08. The van der Waals surface area contributed by atoms with Crippen molar-refractivity contribution in [3.8, 4) is 22.3 Å². The van der Waals surface area contributed by atoms with E-state index in [0.29, 0.717) is 18.8 Å². The monoisotopic (exact) mass is 419 g/mol. The van der Waals surface area contributed by atoms with Gasteiger partial charge in [0.15, 0.2) is 0 Å². The Labute approximate surface area is 178 Å². The van der Waals surface area contributed by atoms with Crippen molar-refractivity contribution < 1.29 is 9.13 Å². The molecule has 152 valence electrons. The van der Waals surface area contributed by atoms with E-state index in [0.717, 1.165) is 40.9 Å². The van der Waals surface area contributed by atoms with Crippen molar-refractivity contribution in [1.82, 2.24) is 15.1 Å². The number of rotatable bonds is 5. The molecule has 0 amide bonds. The van der Waals surface area contributed by atoms with Crippen LogP contribution in [-0.2, 0) is 4.74 Å². The summed E-state index contributed by atoms with van der Waals surface area (Å²) in [6.45, 7) is 3.11. The van der Waals surface area contributed by atoms with Gasteiger partial charge in [-0.05, 0) is 51.2 Å². The molecule has 3 heterocycles. The largest absolute Gasteiger partial charge is 0.379 e. The first-order valence-electron chi connectivity index (χ1n) is 10.0. The van der Waals surface area contributed by atoms with Gasteiger partial charge in [-0.15, -0.1) is 0 Å². The number of halogens is 1. The van der Waals surface area contributed by atoms with E-state index >= 15 is 0 Å². The summed E-state index contributed by atoms with van der Waals surface area (Å²) >= 11 is 1.65. The van der Waals surface area contributed by atoms with Gasteiger partial charge >= 0.3 is 0 Å². The van der Waals surface area contributed by atoms with Crippen LogP contribution >= 0.6 is 11.3 Å². The number of thiophene rings is 1. The number of benzene rings is 2. The number of nitrogens with one attached hydrogen (secondary N) is 1. The molecule has 0 aliphatic carbocycles. The topological polar surface area (TPSA) is 41.2 Å². The maximum Gasteiger partial charge on any atom is 0.131 e. The van der Waals surface area contributed by atoms with Crippen LogP contribution in [-0.4, -0.2) is 41.4 Å². The van der Waals surface area contributed by atoms with Crippen molar-refractivity contribution in [3.63, 3.8) is 0 Å². The average molecular weight is 420 g/mol. The summed E-state index contributed by atoms with van der Waals surface area (Å²) in [7, 11) is 0. The Kier molecular flexibility index (Phi) is 5.45. The van der Waals surface area contributed by atoms with Crippen LogP contribution in [0.5, 0.6) is 0 Å². The second kappa shape index (κ2) is 8.52. The molecule has 1 unspecified atom stereocenters.